The van der Waals surface area contributed by atoms with Gasteiger partial charge in [0.25, 0.3) is 5.91 Å². The molecule has 1 amide bonds. The van der Waals surface area contributed by atoms with Crippen LogP contribution < -0.4 is 5.32 Å². The normalized spacial score (nSPS) is 15.1. The number of hydrogen-bond acceptors (Lipinski definition) is 4. The van der Waals surface area contributed by atoms with Gasteiger partial charge < -0.3 is 4.42 Å². The van der Waals surface area contributed by atoms with Gasteiger partial charge in [-0.2, -0.15) is 23.3 Å². The molecule has 2 aromatic rings. The SMILES string of the molecule is Cc1oc(NC(=O)c2n[nH]c(C(F)(F)F)c2C)nc1C1CC1. The average molecular weight is 314 g/mol. The molecular weight excluding hydrogens is 301 g/mol. The fraction of sp³-hybridized carbons (Fsp3) is 0.462. The van der Waals surface area contributed by atoms with Crippen molar-refractivity contribution < 1.29 is 22.4 Å². The zero-order chi connectivity index (χ0) is 16.1. The van der Waals surface area contributed by atoms with Gasteiger partial charge in [-0.05, 0) is 26.7 Å². The molecule has 1 aliphatic carbocycles. The molecule has 0 bridgehead atoms. The first-order valence-electron chi connectivity index (χ1n) is 6.68. The Morgan fingerprint density at radius 3 is 2.59 bits per heavy atom. The Balaban J connectivity index is 1.80. The van der Waals surface area contributed by atoms with Crippen molar-refractivity contribution in [2.45, 2.75) is 38.8 Å². The van der Waals surface area contributed by atoms with Crippen LogP contribution in [0.25, 0.3) is 0 Å². The topological polar surface area (TPSA) is 83.8 Å². The number of halogens is 3. The Hall–Kier alpha value is -2.32. The van der Waals surface area contributed by atoms with E-state index < -0.39 is 17.8 Å². The molecular formula is C13H13F3N4O2. The van der Waals surface area contributed by atoms with Crippen molar-refractivity contribution in [3.05, 3.63) is 28.4 Å². The minimum absolute atomic E-state index is 0.0274. The summed E-state index contributed by atoms with van der Waals surface area (Å²) in [5.74, 6) is 0.152. The summed E-state index contributed by atoms with van der Waals surface area (Å²) < 4.78 is 43.3. The number of carbonyl (C=O) groups excluding carboxylic acids is 1. The van der Waals surface area contributed by atoms with Gasteiger partial charge in [-0.3, -0.25) is 15.2 Å². The summed E-state index contributed by atoms with van der Waals surface area (Å²) in [4.78, 5) is 16.2. The number of aryl methyl sites for hydroxylation is 1. The van der Waals surface area contributed by atoms with Gasteiger partial charge in [0.15, 0.2) is 5.69 Å². The van der Waals surface area contributed by atoms with Gasteiger partial charge in [-0.25, -0.2) is 0 Å². The molecule has 22 heavy (non-hydrogen) atoms. The number of nitrogens with zero attached hydrogens (tertiary/aromatic N) is 2. The predicted octanol–water partition coefficient (Wildman–Crippen LogP) is 3.16. The maximum absolute atomic E-state index is 12.7. The van der Waals surface area contributed by atoms with E-state index in [1.807, 2.05) is 5.10 Å². The van der Waals surface area contributed by atoms with Crippen molar-refractivity contribution in [1.29, 1.82) is 0 Å². The van der Waals surface area contributed by atoms with E-state index in [2.05, 4.69) is 15.4 Å². The lowest BCUT2D eigenvalue weighted by Crippen LogP contribution is -2.14. The van der Waals surface area contributed by atoms with Crippen LogP contribution >= 0.6 is 0 Å². The number of aromatic amines is 1. The highest BCUT2D eigenvalue weighted by Gasteiger charge is 2.37. The minimum atomic E-state index is -4.59. The molecule has 2 N–H and O–H groups in total. The third kappa shape index (κ3) is 2.58. The molecule has 0 aliphatic heterocycles. The van der Waals surface area contributed by atoms with Crippen LogP contribution in [0.5, 0.6) is 0 Å². The van der Waals surface area contributed by atoms with Crippen LogP contribution in [0.4, 0.5) is 19.2 Å². The van der Waals surface area contributed by atoms with Crippen molar-refractivity contribution in [1.82, 2.24) is 15.2 Å². The van der Waals surface area contributed by atoms with E-state index in [0.29, 0.717) is 11.7 Å². The first-order chi connectivity index (χ1) is 10.3. The molecule has 1 aliphatic rings. The third-order valence-electron chi connectivity index (χ3n) is 3.53. The number of oxazole rings is 1. The summed E-state index contributed by atoms with van der Waals surface area (Å²) in [6, 6.07) is -0.0274. The monoisotopic (exact) mass is 314 g/mol. The third-order valence-corrected chi connectivity index (χ3v) is 3.53. The van der Waals surface area contributed by atoms with E-state index in [0.717, 1.165) is 18.5 Å². The number of aromatic nitrogens is 3. The molecule has 9 heteroatoms. The number of alkyl halides is 3. The molecule has 6 nitrogen and oxygen atoms in total. The zero-order valence-electron chi connectivity index (χ0n) is 11.8. The highest BCUT2D eigenvalue weighted by molar-refractivity contribution is 6.02. The van der Waals surface area contributed by atoms with E-state index >= 15 is 0 Å². The summed E-state index contributed by atoms with van der Waals surface area (Å²) in [6.45, 7) is 2.91. The number of nitrogens with one attached hydrogen (secondary N) is 2. The van der Waals surface area contributed by atoms with Gasteiger partial charge in [0.1, 0.15) is 11.5 Å². The van der Waals surface area contributed by atoms with Crippen molar-refractivity contribution in [2.75, 3.05) is 5.32 Å². The van der Waals surface area contributed by atoms with Crippen LogP contribution in [0, 0.1) is 13.8 Å². The molecule has 0 spiro atoms. The quantitative estimate of drug-likeness (QED) is 0.911. The highest BCUT2D eigenvalue weighted by Crippen LogP contribution is 2.41. The fourth-order valence-electron chi connectivity index (χ4n) is 2.25. The highest BCUT2D eigenvalue weighted by atomic mass is 19.4. The largest absolute Gasteiger partial charge is 0.433 e. The Kier molecular flexibility index (Phi) is 3.22. The molecule has 0 radical (unpaired) electrons. The number of H-pyrrole nitrogens is 1. The van der Waals surface area contributed by atoms with Gasteiger partial charge in [0.05, 0.1) is 5.69 Å². The van der Waals surface area contributed by atoms with E-state index in [4.69, 9.17) is 4.42 Å². The van der Waals surface area contributed by atoms with Gasteiger partial charge in [-0.15, -0.1) is 0 Å². The smallest absolute Gasteiger partial charge is 0.428 e. The summed E-state index contributed by atoms with van der Waals surface area (Å²) >= 11 is 0. The summed E-state index contributed by atoms with van der Waals surface area (Å²) in [7, 11) is 0. The molecule has 0 aromatic carbocycles. The van der Waals surface area contributed by atoms with E-state index in [9.17, 15) is 18.0 Å². The van der Waals surface area contributed by atoms with Crippen LogP contribution in [-0.4, -0.2) is 21.1 Å². The second kappa shape index (κ2) is 4.85. The van der Waals surface area contributed by atoms with Crippen molar-refractivity contribution >= 4 is 11.9 Å². The first-order valence-corrected chi connectivity index (χ1v) is 6.68. The lowest BCUT2D eigenvalue weighted by Gasteiger charge is -2.04. The molecule has 3 rings (SSSR count). The molecule has 0 atom stereocenters. The average Bonchev–Trinajstić information content (AvgIpc) is 3.06. The number of amides is 1. The molecule has 118 valence electrons. The maximum atomic E-state index is 12.7. The minimum Gasteiger partial charge on any atom is -0.428 e. The zero-order valence-corrected chi connectivity index (χ0v) is 11.8. The van der Waals surface area contributed by atoms with E-state index in [1.165, 1.54) is 6.92 Å². The predicted molar refractivity (Wildman–Crippen MR) is 69.5 cm³/mol. The number of rotatable bonds is 3. The van der Waals surface area contributed by atoms with Gasteiger partial charge in [0, 0.05) is 11.5 Å². The molecule has 2 aromatic heterocycles. The number of hydrogen-bond donors (Lipinski definition) is 2. The summed E-state index contributed by atoms with van der Waals surface area (Å²) in [5, 5.41) is 7.61. The van der Waals surface area contributed by atoms with Crippen molar-refractivity contribution in [3.8, 4) is 0 Å². The van der Waals surface area contributed by atoms with Gasteiger partial charge in [-0.1, -0.05) is 0 Å². The lowest BCUT2D eigenvalue weighted by atomic mass is 10.2. The standard InChI is InChI=1S/C13H13F3N4O2/c1-5-8(19-20-10(5)13(14,15)16)11(21)18-12-17-9(6(2)22-12)7-3-4-7/h7H,3-4H2,1-2H3,(H,19,20)(H,17,18,21). The Morgan fingerprint density at radius 2 is 2.05 bits per heavy atom. The van der Waals surface area contributed by atoms with Crippen molar-refractivity contribution in [2.24, 2.45) is 0 Å². The maximum Gasteiger partial charge on any atom is 0.433 e. The Morgan fingerprint density at radius 1 is 1.36 bits per heavy atom. The molecule has 0 unspecified atom stereocenters. The fourth-order valence-corrected chi connectivity index (χ4v) is 2.25. The second-order valence-corrected chi connectivity index (χ2v) is 5.26. The molecule has 0 saturated heterocycles. The number of carbonyl (C=O) groups is 1. The van der Waals surface area contributed by atoms with Gasteiger partial charge in [0.2, 0.25) is 0 Å². The van der Waals surface area contributed by atoms with Crippen LogP contribution in [0.1, 0.15) is 52.0 Å². The van der Waals surface area contributed by atoms with Crippen LogP contribution in [0.15, 0.2) is 4.42 Å². The summed E-state index contributed by atoms with van der Waals surface area (Å²) in [5.41, 5.74) is -0.864. The first kappa shape index (κ1) is 14.6. The summed E-state index contributed by atoms with van der Waals surface area (Å²) in [6.07, 6.45) is -2.55. The van der Waals surface area contributed by atoms with Crippen LogP contribution in [0.3, 0.4) is 0 Å². The Bertz CT molecular complexity index is 728. The van der Waals surface area contributed by atoms with Gasteiger partial charge >= 0.3 is 12.2 Å². The van der Waals surface area contributed by atoms with E-state index in [1.54, 1.807) is 6.92 Å². The van der Waals surface area contributed by atoms with Crippen LogP contribution in [-0.2, 0) is 6.18 Å². The molecule has 2 heterocycles. The molecule has 1 saturated carbocycles. The van der Waals surface area contributed by atoms with Crippen LogP contribution in [0.2, 0.25) is 0 Å². The molecule has 1 fully saturated rings. The van der Waals surface area contributed by atoms with Crippen molar-refractivity contribution in [3.63, 3.8) is 0 Å². The lowest BCUT2D eigenvalue weighted by molar-refractivity contribution is -0.141. The second-order valence-electron chi connectivity index (χ2n) is 5.26. The van der Waals surface area contributed by atoms with E-state index in [-0.39, 0.29) is 17.3 Å². The number of anilines is 1. The Labute approximate surface area is 123 Å².